The number of hydrogen-bond donors (Lipinski definition) is 3. The Morgan fingerprint density at radius 3 is 3.14 bits per heavy atom. The molecule has 2 atom stereocenters. The average Bonchev–Trinajstić information content (AvgIpc) is 3.02. The lowest BCUT2D eigenvalue weighted by Crippen LogP contribution is -2.21. The first-order valence-corrected chi connectivity index (χ1v) is 8.39. The van der Waals surface area contributed by atoms with Gasteiger partial charge in [0.2, 0.25) is 0 Å². The van der Waals surface area contributed by atoms with E-state index in [-0.39, 0.29) is 6.10 Å². The van der Waals surface area contributed by atoms with Crippen LogP contribution in [0.1, 0.15) is 12.5 Å². The molecule has 1 unspecified atom stereocenters. The number of fused-ring (bicyclic) bond motifs is 1. The van der Waals surface area contributed by atoms with E-state index in [1.807, 2.05) is 18.0 Å². The molecule has 0 radical (unpaired) electrons. The van der Waals surface area contributed by atoms with E-state index >= 15 is 0 Å². The van der Waals surface area contributed by atoms with Gasteiger partial charge in [-0.15, -0.1) is 0 Å². The molecule has 3 heterocycles. The van der Waals surface area contributed by atoms with Crippen LogP contribution >= 0.6 is 11.8 Å². The molecule has 4 N–H and O–H groups in total. The number of nitrogens with one attached hydrogen (secondary N) is 1. The Morgan fingerprint density at radius 2 is 2.33 bits per heavy atom. The van der Waals surface area contributed by atoms with Crippen molar-refractivity contribution in [3.8, 4) is 0 Å². The van der Waals surface area contributed by atoms with Gasteiger partial charge >= 0.3 is 0 Å². The summed E-state index contributed by atoms with van der Waals surface area (Å²) in [5.74, 6) is 2.96. The molecule has 1 saturated heterocycles. The van der Waals surface area contributed by atoms with Crippen molar-refractivity contribution >= 4 is 28.6 Å². The largest absolute Gasteiger partial charge is 0.391 e. The van der Waals surface area contributed by atoms with Crippen molar-refractivity contribution in [1.29, 1.82) is 0 Å². The highest BCUT2D eigenvalue weighted by Crippen LogP contribution is 2.25. The van der Waals surface area contributed by atoms with Crippen LogP contribution < -0.4 is 5.73 Å². The summed E-state index contributed by atoms with van der Waals surface area (Å²) in [5.41, 5.74) is 8.62. The number of β-amino-alcohol motifs (C(OH)–C–C–N with tert-alkyl or cyclic N) is 1. The first-order valence-electron chi connectivity index (χ1n) is 7.23. The second kappa shape index (κ2) is 6.21. The summed E-state index contributed by atoms with van der Waals surface area (Å²) in [6.45, 7) is 4.59. The summed E-state index contributed by atoms with van der Waals surface area (Å²) in [7, 11) is 0. The molecule has 21 heavy (non-hydrogen) atoms. The average molecular weight is 307 g/mol. The number of likely N-dealkylation sites (tertiary alicyclic amines) is 1. The number of rotatable bonds is 5. The third-order valence-corrected chi connectivity index (χ3v) is 5.06. The van der Waals surface area contributed by atoms with E-state index in [0.29, 0.717) is 11.7 Å². The number of hydrogen-bond acceptors (Lipinski definition) is 6. The highest BCUT2D eigenvalue weighted by Gasteiger charge is 2.31. The van der Waals surface area contributed by atoms with Crippen molar-refractivity contribution in [2.45, 2.75) is 19.6 Å². The summed E-state index contributed by atoms with van der Waals surface area (Å²) in [6.07, 6.45) is 3.21. The molecular weight excluding hydrogens is 286 g/mol. The Bertz CT molecular complexity index is 616. The fourth-order valence-corrected chi connectivity index (χ4v) is 3.74. The molecule has 0 spiro atoms. The van der Waals surface area contributed by atoms with Crippen LogP contribution in [0.5, 0.6) is 0 Å². The van der Waals surface area contributed by atoms with Crippen LogP contribution in [-0.4, -0.2) is 55.7 Å². The minimum Gasteiger partial charge on any atom is -0.391 e. The maximum absolute atomic E-state index is 10.2. The standard InChI is InChI=1S/C14H21N5OS/c1-2-21-7-10-5-19(6-11(10)20)4-9-3-16-13-12(9)17-8-18-14(13)15/h3,8,10-11,16,20H,2,4-7H2,1H3,(H2,15,17,18)/t10-,11?/m1/s1. The Hall–Kier alpha value is -1.31. The quantitative estimate of drug-likeness (QED) is 0.766. The maximum atomic E-state index is 10.2. The Kier molecular flexibility index (Phi) is 4.32. The number of aromatic amines is 1. The van der Waals surface area contributed by atoms with Crippen molar-refractivity contribution in [2.24, 2.45) is 5.92 Å². The number of aromatic nitrogens is 3. The first kappa shape index (κ1) is 14.6. The zero-order chi connectivity index (χ0) is 14.8. The molecule has 0 aliphatic carbocycles. The molecule has 0 aromatic carbocycles. The van der Waals surface area contributed by atoms with E-state index in [2.05, 4.69) is 26.8 Å². The van der Waals surface area contributed by atoms with Gasteiger partial charge in [-0.2, -0.15) is 11.8 Å². The topological polar surface area (TPSA) is 91.1 Å². The van der Waals surface area contributed by atoms with Crippen LogP contribution in [0.25, 0.3) is 11.0 Å². The number of nitrogens with two attached hydrogens (primary N) is 1. The first-order chi connectivity index (χ1) is 10.2. The number of aliphatic hydroxyl groups excluding tert-OH is 1. The normalized spacial score (nSPS) is 23.1. The highest BCUT2D eigenvalue weighted by atomic mass is 32.2. The molecular formula is C14H21N5OS. The molecule has 7 heteroatoms. The predicted octanol–water partition coefficient (Wildman–Crippen LogP) is 1.09. The zero-order valence-corrected chi connectivity index (χ0v) is 12.9. The van der Waals surface area contributed by atoms with E-state index in [9.17, 15) is 5.11 Å². The Balaban J connectivity index is 1.70. The van der Waals surface area contributed by atoms with Gasteiger partial charge in [0.05, 0.1) is 11.6 Å². The van der Waals surface area contributed by atoms with Crippen molar-refractivity contribution in [3.05, 3.63) is 18.1 Å². The van der Waals surface area contributed by atoms with Crippen molar-refractivity contribution in [1.82, 2.24) is 19.9 Å². The molecule has 2 aromatic heterocycles. The van der Waals surface area contributed by atoms with Gasteiger partial charge in [-0.3, -0.25) is 4.90 Å². The van der Waals surface area contributed by atoms with Gasteiger partial charge in [0.1, 0.15) is 11.8 Å². The summed E-state index contributed by atoms with van der Waals surface area (Å²) in [6, 6.07) is 0. The lowest BCUT2D eigenvalue weighted by atomic mass is 10.1. The molecule has 0 saturated carbocycles. The lowest BCUT2D eigenvalue weighted by Gasteiger charge is -2.14. The van der Waals surface area contributed by atoms with E-state index < -0.39 is 0 Å². The van der Waals surface area contributed by atoms with Crippen molar-refractivity contribution in [2.75, 3.05) is 30.3 Å². The van der Waals surface area contributed by atoms with Crippen LogP contribution in [0, 0.1) is 5.92 Å². The third kappa shape index (κ3) is 3.00. The molecule has 1 aliphatic rings. The van der Waals surface area contributed by atoms with Crippen LogP contribution in [0.15, 0.2) is 12.5 Å². The second-order valence-corrected chi connectivity index (χ2v) is 6.80. The van der Waals surface area contributed by atoms with E-state index in [0.717, 1.165) is 47.7 Å². The van der Waals surface area contributed by atoms with Crippen LogP contribution in [0.2, 0.25) is 0 Å². The summed E-state index contributed by atoms with van der Waals surface area (Å²) < 4.78 is 0. The number of anilines is 1. The smallest absolute Gasteiger partial charge is 0.151 e. The summed E-state index contributed by atoms with van der Waals surface area (Å²) >= 11 is 1.89. The maximum Gasteiger partial charge on any atom is 0.151 e. The van der Waals surface area contributed by atoms with E-state index in [1.54, 1.807) is 0 Å². The summed E-state index contributed by atoms with van der Waals surface area (Å²) in [5, 5.41) is 10.2. The van der Waals surface area contributed by atoms with Crippen molar-refractivity contribution in [3.63, 3.8) is 0 Å². The SMILES string of the molecule is CCSC[C@H]1CN(Cc2c[nH]c3c(N)ncnc23)CC1O. The van der Waals surface area contributed by atoms with Crippen LogP contribution in [-0.2, 0) is 6.54 Å². The molecule has 114 valence electrons. The fraction of sp³-hybridized carbons (Fsp3) is 0.571. The van der Waals surface area contributed by atoms with E-state index in [4.69, 9.17) is 5.73 Å². The number of nitrogens with zero attached hydrogens (tertiary/aromatic N) is 3. The molecule has 0 amide bonds. The minimum atomic E-state index is -0.228. The van der Waals surface area contributed by atoms with Crippen LogP contribution in [0.3, 0.4) is 0 Å². The molecule has 0 bridgehead atoms. The number of thioether (sulfide) groups is 1. The van der Waals surface area contributed by atoms with Gasteiger partial charge in [0.15, 0.2) is 5.82 Å². The summed E-state index contributed by atoms with van der Waals surface area (Å²) in [4.78, 5) is 13.7. The number of nitrogen functional groups attached to an aromatic ring is 1. The second-order valence-electron chi connectivity index (χ2n) is 5.48. The van der Waals surface area contributed by atoms with E-state index in [1.165, 1.54) is 6.33 Å². The lowest BCUT2D eigenvalue weighted by molar-refractivity contribution is 0.149. The van der Waals surface area contributed by atoms with Gasteiger partial charge < -0.3 is 15.8 Å². The van der Waals surface area contributed by atoms with Gasteiger partial charge in [0.25, 0.3) is 0 Å². The van der Waals surface area contributed by atoms with Gasteiger partial charge in [-0.1, -0.05) is 6.92 Å². The Morgan fingerprint density at radius 1 is 1.48 bits per heavy atom. The van der Waals surface area contributed by atoms with Crippen molar-refractivity contribution < 1.29 is 5.11 Å². The zero-order valence-electron chi connectivity index (χ0n) is 12.1. The van der Waals surface area contributed by atoms with Crippen LogP contribution in [0.4, 0.5) is 5.82 Å². The Labute approximate surface area is 128 Å². The van der Waals surface area contributed by atoms with Gasteiger partial charge in [-0.25, -0.2) is 9.97 Å². The molecule has 6 nitrogen and oxygen atoms in total. The number of H-pyrrole nitrogens is 1. The van der Waals surface area contributed by atoms with Gasteiger partial charge in [-0.05, 0) is 11.5 Å². The highest BCUT2D eigenvalue weighted by molar-refractivity contribution is 7.99. The molecule has 3 rings (SSSR count). The fourth-order valence-electron chi connectivity index (χ4n) is 2.88. The monoisotopic (exact) mass is 307 g/mol. The third-order valence-electron chi connectivity index (χ3n) is 3.98. The predicted molar refractivity (Wildman–Crippen MR) is 86.1 cm³/mol. The number of aliphatic hydroxyl groups is 1. The molecule has 1 fully saturated rings. The molecule has 2 aromatic rings. The van der Waals surface area contributed by atoms with Gasteiger partial charge in [0, 0.05) is 37.3 Å². The molecule has 1 aliphatic heterocycles. The minimum absolute atomic E-state index is 0.228.